The number of benzene rings is 2. The van der Waals surface area contributed by atoms with Gasteiger partial charge in [0.05, 0.1) is 0 Å². The van der Waals surface area contributed by atoms with Crippen LogP contribution in [0.3, 0.4) is 0 Å². The van der Waals surface area contributed by atoms with Gasteiger partial charge in [-0.25, -0.2) is 0 Å². The summed E-state index contributed by atoms with van der Waals surface area (Å²) in [4.78, 5) is 24.9. The second-order valence-electron chi connectivity index (χ2n) is 6.62. The molecule has 2 amide bonds. The summed E-state index contributed by atoms with van der Waals surface area (Å²) in [6.45, 7) is 5.86. The van der Waals surface area contributed by atoms with Gasteiger partial charge >= 0.3 is 0 Å². The molecule has 4 nitrogen and oxygen atoms in total. The van der Waals surface area contributed by atoms with Crippen molar-refractivity contribution < 1.29 is 9.59 Å². The highest BCUT2D eigenvalue weighted by Crippen LogP contribution is 2.19. The van der Waals surface area contributed by atoms with E-state index in [0.717, 1.165) is 18.4 Å². The van der Waals surface area contributed by atoms with Gasteiger partial charge in [0.25, 0.3) is 0 Å². The maximum Gasteiger partial charge on any atom is 0.239 e. The monoisotopic (exact) mass is 338 g/mol. The standard InChI is InChI=1S/C21H26N2O2/c1-4-16-10-12-18(13-11-16)23-20(25)21(2,3)19(24)22-15-14-17-8-6-5-7-9-17/h5-13H,4,14-15H2,1-3H3,(H,22,24)(H,23,25). The number of carbonyl (C=O) groups is 2. The smallest absolute Gasteiger partial charge is 0.239 e. The summed E-state index contributed by atoms with van der Waals surface area (Å²) < 4.78 is 0. The van der Waals surface area contributed by atoms with Crippen molar-refractivity contribution in [2.24, 2.45) is 5.41 Å². The predicted molar refractivity (Wildman–Crippen MR) is 101 cm³/mol. The molecule has 4 heteroatoms. The van der Waals surface area contributed by atoms with E-state index in [2.05, 4.69) is 17.6 Å². The zero-order valence-electron chi connectivity index (χ0n) is 15.1. The quantitative estimate of drug-likeness (QED) is 0.758. The fourth-order valence-corrected chi connectivity index (χ4v) is 2.40. The number of hydrogen-bond acceptors (Lipinski definition) is 2. The molecule has 132 valence electrons. The highest BCUT2D eigenvalue weighted by molar-refractivity contribution is 6.09. The molecule has 2 aromatic carbocycles. The van der Waals surface area contributed by atoms with Gasteiger partial charge < -0.3 is 10.6 Å². The predicted octanol–water partition coefficient (Wildman–Crippen LogP) is 3.57. The van der Waals surface area contributed by atoms with E-state index < -0.39 is 5.41 Å². The van der Waals surface area contributed by atoms with Gasteiger partial charge in [-0.15, -0.1) is 0 Å². The molecule has 0 radical (unpaired) electrons. The lowest BCUT2D eigenvalue weighted by molar-refractivity contribution is -0.138. The Hall–Kier alpha value is -2.62. The van der Waals surface area contributed by atoms with Gasteiger partial charge in [0.15, 0.2) is 0 Å². The van der Waals surface area contributed by atoms with E-state index in [0.29, 0.717) is 12.2 Å². The molecule has 0 aromatic heterocycles. The molecule has 2 rings (SSSR count). The van der Waals surface area contributed by atoms with Crippen molar-refractivity contribution in [3.63, 3.8) is 0 Å². The SMILES string of the molecule is CCc1ccc(NC(=O)C(C)(C)C(=O)NCCc2ccccc2)cc1. The molecule has 0 unspecified atom stereocenters. The third kappa shape index (κ3) is 5.18. The summed E-state index contributed by atoms with van der Waals surface area (Å²) in [6, 6.07) is 17.6. The lowest BCUT2D eigenvalue weighted by atomic mass is 9.90. The number of carbonyl (C=O) groups excluding carboxylic acids is 2. The number of hydrogen-bond donors (Lipinski definition) is 2. The van der Waals surface area contributed by atoms with Crippen LogP contribution in [0.5, 0.6) is 0 Å². The van der Waals surface area contributed by atoms with Crippen LogP contribution in [0.25, 0.3) is 0 Å². The van der Waals surface area contributed by atoms with E-state index in [4.69, 9.17) is 0 Å². The summed E-state index contributed by atoms with van der Waals surface area (Å²) in [6.07, 6.45) is 1.69. The highest BCUT2D eigenvalue weighted by Gasteiger charge is 2.35. The Kier molecular flexibility index (Phi) is 6.34. The zero-order valence-corrected chi connectivity index (χ0v) is 15.1. The minimum atomic E-state index is -1.14. The maximum atomic E-state index is 12.5. The van der Waals surface area contributed by atoms with Crippen molar-refractivity contribution in [3.05, 3.63) is 65.7 Å². The molecule has 0 spiro atoms. The average molecular weight is 338 g/mol. The first kappa shape index (κ1) is 18.7. The van der Waals surface area contributed by atoms with Crippen molar-refractivity contribution in [2.75, 3.05) is 11.9 Å². The Morgan fingerprint density at radius 1 is 0.880 bits per heavy atom. The fraction of sp³-hybridized carbons (Fsp3) is 0.333. The van der Waals surface area contributed by atoms with E-state index in [1.54, 1.807) is 13.8 Å². The largest absolute Gasteiger partial charge is 0.355 e. The van der Waals surface area contributed by atoms with Crippen LogP contribution in [0.1, 0.15) is 31.9 Å². The van der Waals surface area contributed by atoms with Gasteiger partial charge in [-0.3, -0.25) is 9.59 Å². The van der Waals surface area contributed by atoms with Gasteiger partial charge in [0.1, 0.15) is 5.41 Å². The molecule has 0 aliphatic heterocycles. The van der Waals surface area contributed by atoms with Crippen LogP contribution in [0.4, 0.5) is 5.69 Å². The Morgan fingerprint density at radius 3 is 2.12 bits per heavy atom. The van der Waals surface area contributed by atoms with Crippen LogP contribution >= 0.6 is 0 Å². The molecule has 0 aliphatic rings. The Morgan fingerprint density at radius 2 is 1.52 bits per heavy atom. The first-order valence-electron chi connectivity index (χ1n) is 8.66. The molecule has 0 heterocycles. The van der Waals surface area contributed by atoms with E-state index >= 15 is 0 Å². The zero-order chi connectivity index (χ0) is 18.3. The maximum absolute atomic E-state index is 12.5. The minimum Gasteiger partial charge on any atom is -0.355 e. The average Bonchev–Trinajstić information content (AvgIpc) is 2.63. The molecule has 0 fully saturated rings. The molecule has 0 saturated carbocycles. The molecule has 0 aliphatic carbocycles. The lowest BCUT2D eigenvalue weighted by Crippen LogP contribution is -2.45. The van der Waals surface area contributed by atoms with Crippen LogP contribution in [-0.4, -0.2) is 18.4 Å². The number of anilines is 1. The van der Waals surface area contributed by atoms with Crippen LogP contribution in [0.2, 0.25) is 0 Å². The molecule has 2 aromatic rings. The van der Waals surface area contributed by atoms with Crippen LogP contribution in [-0.2, 0) is 22.4 Å². The first-order valence-corrected chi connectivity index (χ1v) is 8.66. The van der Waals surface area contributed by atoms with Gasteiger partial charge in [0.2, 0.25) is 11.8 Å². The third-order valence-electron chi connectivity index (χ3n) is 4.30. The summed E-state index contributed by atoms with van der Waals surface area (Å²) in [5, 5.41) is 5.68. The van der Waals surface area contributed by atoms with Gasteiger partial charge in [-0.1, -0.05) is 49.4 Å². The molecule has 0 saturated heterocycles. The highest BCUT2D eigenvalue weighted by atomic mass is 16.2. The second-order valence-corrected chi connectivity index (χ2v) is 6.62. The molecular formula is C21H26N2O2. The summed E-state index contributed by atoms with van der Waals surface area (Å²) in [5.74, 6) is -0.583. The van der Waals surface area contributed by atoms with E-state index in [-0.39, 0.29) is 11.8 Å². The van der Waals surface area contributed by atoms with E-state index in [1.165, 1.54) is 5.56 Å². The van der Waals surface area contributed by atoms with Gasteiger partial charge in [0, 0.05) is 12.2 Å². The second kappa shape index (κ2) is 8.47. The third-order valence-corrected chi connectivity index (χ3v) is 4.30. The minimum absolute atomic E-state index is 0.272. The Labute approximate surface area is 149 Å². The lowest BCUT2D eigenvalue weighted by Gasteiger charge is -2.23. The molecule has 0 atom stereocenters. The van der Waals surface area contributed by atoms with Crippen LogP contribution < -0.4 is 10.6 Å². The number of amides is 2. The number of nitrogens with one attached hydrogen (secondary N) is 2. The van der Waals surface area contributed by atoms with Crippen molar-refractivity contribution in [1.82, 2.24) is 5.32 Å². The van der Waals surface area contributed by atoms with Crippen molar-refractivity contribution in [1.29, 1.82) is 0 Å². The Bertz CT molecular complexity index is 706. The normalized spacial score (nSPS) is 11.0. The molecule has 25 heavy (non-hydrogen) atoms. The molecule has 0 bridgehead atoms. The number of aryl methyl sites for hydroxylation is 1. The summed E-state index contributed by atoms with van der Waals surface area (Å²) in [5.41, 5.74) is 1.92. The molecular weight excluding hydrogens is 312 g/mol. The molecule has 2 N–H and O–H groups in total. The Balaban J connectivity index is 1.89. The topological polar surface area (TPSA) is 58.2 Å². The van der Waals surface area contributed by atoms with Crippen molar-refractivity contribution in [2.45, 2.75) is 33.6 Å². The first-order chi connectivity index (χ1) is 11.9. The van der Waals surface area contributed by atoms with E-state index in [1.807, 2.05) is 54.6 Å². The van der Waals surface area contributed by atoms with Crippen LogP contribution in [0.15, 0.2) is 54.6 Å². The fourth-order valence-electron chi connectivity index (χ4n) is 2.40. The van der Waals surface area contributed by atoms with Crippen molar-refractivity contribution in [3.8, 4) is 0 Å². The summed E-state index contributed by atoms with van der Waals surface area (Å²) >= 11 is 0. The summed E-state index contributed by atoms with van der Waals surface area (Å²) in [7, 11) is 0. The van der Waals surface area contributed by atoms with Crippen LogP contribution in [0, 0.1) is 5.41 Å². The van der Waals surface area contributed by atoms with Gasteiger partial charge in [-0.05, 0) is 49.9 Å². The van der Waals surface area contributed by atoms with E-state index in [9.17, 15) is 9.59 Å². The van der Waals surface area contributed by atoms with Crippen molar-refractivity contribution >= 4 is 17.5 Å². The van der Waals surface area contributed by atoms with Gasteiger partial charge in [-0.2, -0.15) is 0 Å². The number of rotatable bonds is 7.